The van der Waals surface area contributed by atoms with Gasteiger partial charge in [0.25, 0.3) is 0 Å². The van der Waals surface area contributed by atoms with Gasteiger partial charge in [0.15, 0.2) is 11.5 Å². The molecule has 0 radical (unpaired) electrons. The van der Waals surface area contributed by atoms with Gasteiger partial charge in [-0.05, 0) is 6.42 Å². The van der Waals surface area contributed by atoms with Crippen molar-refractivity contribution in [3.05, 3.63) is 54.7 Å². The van der Waals surface area contributed by atoms with Crippen LogP contribution in [0.4, 0.5) is 0 Å². The van der Waals surface area contributed by atoms with Crippen LogP contribution in [0.5, 0.6) is 17.2 Å². The molecule has 1 aromatic carbocycles. The number of hydrogen-bond acceptors (Lipinski definition) is 8. The molecule has 0 aromatic heterocycles. The smallest absolute Gasteiger partial charge is 0.340 e. The van der Waals surface area contributed by atoms with E-state index in [4.69, 9.17) is 14.2 Å². The Morgan fingerprint density at radius 2 is 1.13 bits per heavy atom. The maximum absolute atomic E-state index is 11.9. The molecule has 10 nitrogen and oxygen atoms in total. The van der Waals surface area contributed by atoms with Crippen LogP contribution in [-0.4, -0.2) is 40.1 Å². The van der Waals surface area contributed by atoms with Crippen molar-refractivity contribution < 1.29 is 48.4 Å². The van der Waals surface area contributed by atoms with Gasteiger partial charge in [0.2, 0.25) is 5.75 Å². The van der Waals surface area contributed by atoms with Crippen LogP contribution in [0.3, 0.4) is 0 Å². The lowest BCUT2D eigenvalue weighted by atomic mass is 9.94. The minimum absolute atomic E-state index is 0.0873. The van der Waals surface area contributed by atoms with E-state index in [1.54, 1.807) is 6.92 Å². The average molecular weight is 418 g/mol. The number of hydrogen-bond donors (Lipinski definition) is 2. The summed E-state index contributed by atoms with van der Waals surface area (Å²) in [5.41, 5.74) is -2.05. The number of benzene rings is 1. The van der Waals surface area contributed by atoms with Crippen LogP contribution in [0.2, 0.25) is 0 Å². The van der Waals surface area contributed by atoms with E-state index in [1.165, 1.54) is 0 Å². The zero-order chi connectivity index (χ0) is 23.0. The quantitative estimate of drug-likeness (QED) is 0.329. The summed E-state index contributed by atoms with van der Waals surface area (Å²) >= 11 is 0. The Labute approximate surface area is 170 Å². The highest BCUT2D eigenvalue weighted by Crippen LogP contribution is 2.47. The first-order chi connectivity index (χ1) is 14.1. The van der Waals surface area contributed by atoms with Crippen molar-refractivity contribution in [3.63, 3.8) is 0 Å². The first kappa shape index (κ1) is 23.8. The van der Waals surface area contributed by atoms with Gasteiger partial charge >= 0.3 is 29.8 Å². The Kier molecular flexibility index (Phi) is 8.23. The Balaban J connectivity index is 4.24. The number of carboxylic acid groups (broad SMARTS) is 2. The molecule has 1 aromatic rings. The molecular formula is C20H18O10. The molecule has 0 aliphatic heterocycles. The number of carbonyl (C=O) groups is 5. The molecule has 0 spiro atoms. The van der Waals surface area contributed by atoms with Gasteiger partial charge < -0.3 is 24.4 Å². The summed E-state index contributed by atoms with van der Waals surface area (Å²) in [5, 5.41) is 19.3. The summed E-state index contributed by atoms with van der Waals surface area (Å²) in [6.45, 7) is 11.2. The van der Waals surface area contributed by atoms with Crippen LogP contribution in [0.15, 0.2) is 38.0 Å². The molecule has 0 atom stereocenters. The normalized spacial score (nSPS) is 9.77. The van der Waals surface area contributed by atoms with E-state index in [0.717, 1.165) is 6.08 Å². The van der Waals surface area contributed by atoms with Crippen LogP contribution in [0, 0.1) is 0 Å². The Hall–Kier alpha value is -4.21. The predicted octanol–water partition coefficient (Wildman–Crippen LogP) is 2.31. The molecule has 0 unspecified atom stereocenters. The molecule has 0 saturated carbocycles. The van der Waals surface area contributed by atoms with Crippen LogP contribution < -0.4 is 14.2 Å². The van der Waals surface area contributed by atoms with Gasteiger partial charge in [-0.2, -0.15) is 0 Å². The van der Waals surface area contributed by atoms with E-state index in [2.05, 4.69) is 19.7 Å². The van der Waals surface area contributed by atoms with Crippen molar-refractivity contribution in [1.29, 1.82) is 0 Å². The van der Waals surface area contributed by atoms with Gasteiger partial charge in [-0.3, -0.25) is 0 Å². The molecule has 30 heavy (non-hydrogen) atoms. The lowest BCUT2D eigenvalue weighted by Crippen LogP contribution is -2.20. The molecule has 10 heteroatoms. The van der Waals surface area contributed by atoms with Crippen molar-refractivity contribution in [2.75, 3.05) is 0 Å². The second-order valence-electron chi connectivity index (χ2n) is 5.45. The van der Waals surface area contributed by atoms with Gasteiger partial charge in [-0.1, -0.05) is 33.1 Å². The molecule has 0 heterocycles. The minimum atomic E-state index is -1.80. The molecule has 0 fully saturated rings. The van der Waals surface area contributed by atoms with Crippen molar-refractivity contribution in [2.24, 2.45) is 0 Å². The fourth-order valence-corrected chi connectivity index (χ4v) is 2.39. The maximum Gasteiger partial charge on any atom is 0.340 e. The number of carbonyl (C=O) groups excluding carboxylic acids is 3. The monoisotopic (exact) mass is 418 g/mol. The number of aromatic carboxylic acids is 2. The van der Waals surface area contributed by atoms with E-state index in [0.29, 0.717) is 18.6 Å². The van der Waals surface area contributed by atoms with Crippen molar-refractivity contribution >= 4 is 29.8 Å². The fourth-order valence-electron chi connectivity index (χ4n) is 2.39. The van der Waals surface area contributed by atoms with Crippen molar-refractivity contribution in [3.8, 4) is 17.2 Å². The molecule has 0 aliphatic carbocycles. The first-order valence-corrected chi connectivity index (χ1v) is 8.34. The third-order valence-electron chi connectivity index (χ3n) is 3.50. The summed E-state index contributed by atoms with van der Waals surface area (Å²) in [6, 6.07) is 0. The van der Waals surface area contributed by atoms with Crippen molar-refractivity contribution in [1.82, 2.24) is 0 Å². The Bertz CT molecular complexity index is 955. The molecule has 0 amide bonds. The number of ether oxygens (including phenoxy) is 3. The summed E-state index contributed by atoms with van der Waals surface area (Å²) in [5.74, 6) is -9.21. The Morgan fingerprint density at radius 1 is 0.733 bits per heavy atom. The van der Waals surface area contributed by atoms with E-state index in [-0.39, 0.29) is 12.0 Å². The van der Waals surface area contributed by atoms with Gasteiger partial charge in [-0.25, -0.2) is 24.0 Å². The van der Waals surface area contributed by atoms with Crippen LogP contribution in [-0.2, 0) is 20.8 Å². The summed E-state index contributed by atoms with van der Waals surface area (Å²) in [7, 11) is 0. The van der Waals surface area contributed by atoms with Gasteiger partial charge in [0.1, 0.15) is 5.56 Å². The summed E-state index contributed by atoms with van der Waals surface area (Å²) in [4.78, 5) is 59.3. The largest absolute Gasteiger partial charge is 0.478 e. The second kappa shape index (κ2) is 10.4. The third kappa shape index (κ3) is 5.19. The lowest BCUT2D eigenvalue weighted by Gasteiger charge is -2.21. The van der Waals surface area contributed by atoms with Crippen LogP contribution >= 0.6 is 0 Å². The zero-order valence-corrected chi connectivity index (χ0v) is 15.9. The first-order valence-electron chi connectivity index (χ1n) is 8.34. The molecule has 1 rings (SSSR count). The maximum atomic E-state index is 11.9. The molecule has 158 valence electrons. The predicted molar refractivity (Wildman–Crippen MR) is 102 cm³/mol. The Morgan fingerprint density at radius 3 is 1.50 bits per heavy atom. The van der Waals surface area contributed by atoms with Crippen LogP contribution in [0.25, 0.3) is 0 Å². The van der Waals surface area contributed by atoms with E-state index in [9.17, 15) is 34.2 Å². The van der Waals surface area contributed by atoms with Gasteiger partial charge in [0, 0.05) is 23.8 Å². The highest BCUT2D eigenvalue weighted by atomic mass is 16.6. The fraction of sp³-hybridized carbons (Fsp3) is 0.150. The molecule has 0 aliphatic rings. The van der Waals surface area contributed by atoms with Crippen LogP contribution in [0.1, 0.15) is 39.6 Å². The molecule has 0 bridgehead atoms. The molecule has 2 N–H and O–H groups in total. The number of carboxylic acids is 2. The molecular weight excluding hydrogens is 400 g/mol. The standard InChI is InChI=1S/C20H18O10/c1-5-9-10-14(19(24)25)15(20(26)27)17(29-12(22)7-3)18(30-13(23)8-4)16(10)28-11(21)6-2/h6-8H,2-5,9H2,1H3,(H,24,25)(H,26,27). The van der Waals surface area contributed by atoms with Gasteiger partial charge in [-0.15, -0.1) is 0 Å². The average Bonchev–Trinajstić information content (AvgIpc) is 2.70. The number of esters is 3. The van der Waals surface area contributed by atoms with E-state index >= 15 is 0 Å². The lowest BCUT2D eigenvalue weighted by molar-refractivity contribution is -0.132. The minimum Gasteiger partial charge on any atom is -0.478 e. The highest BCUT2D eigenvalue weighted by molar-refractivity contribution is 6.08. The molecule has 0 saturated heterocycles. The summed E-state index contributed by atoms with van der Waals surface area (Å²) in [6.07, 6.45) is 2.33. The van der Waals surface area contributed by atoms with E-state index in [1.807, 2.05) is 0 Å². The third-order valence-corrected chi connectivity index (χ3v) is 3.50. The zero-order valence-electron chi connectivity index (χ0n) is 15.9. The SMILES string of the molecule is C=CC(=O)Oc1c(CCC)c(C(=O)O)c(C(=O)O)c(OC(=O)C=C)c1OC(=O)C=C. The van der Waals surface area contributed by atoms with Crippen molar-refractivity contribution in [2.45, 2.75) is 19.8 Å². The summed E-state index contributed by atoms with van der Waals surface area (Å²) < 4.78 is 14.9. The topological polar surface area (TPSA) is 154 Å². The van der Waals surface area contributed by atoms with Gasteiger partial charge in [0.05, 0.1) is 5.56 Å². The second-order valence-corrected chi connectivity index (χ2v) is 5.45. The highest BCUT2D eigenvalue weighted by Gasteiger charge is 2.36. The number of rotatable bonds is 10. The van der Waals surface area contributed by atoms with E-state index < -0.39 is 58.2 Å².